The monoisotopic (exact) mass is 195 g/mol. The van der Waals surface area contributed by atoms with Crippen molar-refractivity contribution in [1.29, 1.82) is 0 Å². The molecule has 13 heavy (non-hydrogen) atoms. The molecule has 2 nitrogen and oxygen atoms in total. The van der Waals surface area contributed by atoms with Gasteiger partial charge in [-0.15, -0.1) is 0 Å². The van der Waals surface area contributed by atoms with E-state index in [1.54, 1.807) is 0 Å². The molecule has 1 aromatic rings. The smallest absolute Gasteiger partial charge is 0.0771 e. The van der Waals surface area contributed by atoms with E-state index in [2.05, 4.69) is 0 Å². The summed E-state index contributed by atoms with van der Waals surface area (Å²) in [6.07, 6.45) is 0.606. The second-order valence-corrected chi connectivity index (χ2v) is 3.59. The van der Waals surface area contributed by atoms with Crippen molar-refractivity contribution >= 4 is 17.2 Å². The van der Waals surface area contributed by atoms with E-state index in [0.29, 0.717) is 11.4 Å². The lowest BCUT2D eigenvalue weighted by Crippen LogP contribution is -2.12. The summed E-state index contributed by atoms with van der Waals surface area (Å²) in [5.74, 6) is 0. The van der Waals surface area contributed by atoms with Crippen LogP contribution < -0.4 is 5.73 Å². The van der Waals surface area contributed by atoms with E-state index < -0.39 is 0 Å². The predicted octanol–water partition coefficient (Wildman–Crippen LogP) is 1.32. The van der Waals surface area contributed by atoms with Crippen LogP contribution in [0.4, 0.5) is 0 Å². The van der Waals surface area contributed by atoms with E-state index in [-0.39, 0.29) is 6.61 Å². The molecule has 0 heterocycles. The van der Waals surface area contributed by atoms with E-state index in [1.807, 2.05) is 25.1 Å². The minimum atomic E-state index is 0.0601. The first kappa shape index (κ1) is 10.2. The fourth-order valence-electron chi connectivity index (χ4n) is 1.20. The number of thiocarbonyl (C=S) groups is 1. The van der Waals surface area contributed by atoms with Crippen LogP contribution in [0.3, 0.4) is 0 Å². The van der Waals surface area contributed by atoms with Gasteiger partial charge in [-0.1, -0.05) is 30.4 Å². The maximum atomic E-state index is 8.92. The van der Waals surface area contributed by atoms with Crippen molar-refractivity contribution in [2.45, 2.75) is 20.0 Å². The summed E-state index contributed by atoms with van der Waals surface area (Å²) >= 11 is 4.83. The van der Waals surface area contributed by atoms with E-state index in [1.165, 1.54) is 0 Å². The molecule has 0 saturated heterocycles. The molecule has 0 atom stereocenters. The highest BCUT2D eigenvalue weighted by Crippen LogP contribution is 2.11. The number of aliphatic hydroxyl groups is 1. The molecule has 0 unspecified atom stereocenters. The molecule has 3 N–H and O–H groups in total. The Labute approximate surface area is 83.4 Å². The summed E-state index contributed by atoms with van der Waals surface area (Å²) in [5.41, 5.74) is 8.61. The summed E-state index contributed by atoms with van der Waals surface area (Å²) in [5, 5.41) is 8.92. The Kier molecular flexibility index (Phi) is 3.39. The second-order valence-electron chi connectivity index (χ2n) is 3.06. The van der Waals surface area contributed by atoms with Gasteiger partial charge in [-0.2, -0.15) is 0 Å². The van der Waals surface area contributed by atoms with E-state index in [4.69, 9.17) is 23.1 Å². The lowest BCUT2D eigenvalue weighted by Gasteiger charge is -2.06. The molecule has 0 aliphatic carbocycles. The maximum absolute atomic E-state index is 8.92. The van der Waals surface area contributed by atoms with Gasteiger partial charge in [0.2, 0.25) is 0 Å². The molecular weight excluding hydrogens is 182 g/mol. The standard InChI is InChI=1S/C10H13NOS/c1-7-2-3-8(6-12)4-9(7)5-10(11)13/h2-4,12H,5-6H2,1H3,(H2,11,13). The molecule has 0 aromatic heterocycles. The first-order valence-electron chi connectivity index (χ1n) is 4.11. The van der Waals surface area contributed by atoms with Crippen molar-refractivity contribution in [1.82, 2.24) is 0 Å². The third kappa shape index (κ3) is 2.79. The molecule has 3 heteroatoms. The fourth-order valence-corrected chi connectivity index (χ4v) is 1.36. The Balaban J connectivity index is 2.96. The van der Waals surface area contributed by atoms with Crippen LogP contribution in [0, 0.1) is 6.92 Å². The van der Waals surface area contributed by atoms with Crippen LogP contribution >= 0.6 is 12.2 Å². The number of hydrogen-bond donors (Lipinski definition) is 2. The van der Waals surface area contributed by atoms with E-state index >= 15 is 0 Å². The third-order valence-corrected chi connectivity index (χ3v) is 2.11. The number of benzene rings is 1. The second kappa shape index (κ2) is 4.35. The topological polar surface area (TPSA) is 46.2 Å². The van der Waals surface area contributed by atoms with Crippen LogP contribution in [0.25, 0.3) is 0 Å². The van der Waals surface area contributed by atoms with Crippen molar-refractivity contribution in [3.8, 4) is 0 Å². The Morgan fingerprint density at radius 2 is 2.23 bits per heavy atom. The van der Waals surface area contributed by atoms with Crippen LogP contribution in [0.15, 0.2) is 18.2 Å². The quantitative estimate of drug-likeness (QED) is 0.715. The van der Waals surface area contributed by atoms with Crippen molar-refractivity contribution < 1.29 is 5.11 Å². The Bertz CT molecular complexity index is 323. The molecular formula is C10H13NOS. The summed E-state index contributed by atoms with van der Waals surface area (Å²) in [4.78, 5) is 0.484. The number of rotatable bonds is 3. The number of aryl methyl sites for hydroxylation is 1. The van der Waals surface area contributed by atoms with Gasteiger partial charge in [0, 0.05) is 6.42 Å². The van der Waals surface area contributed by atoms with Gasteiger partial charge in [0.15, 0.2) is 0 Å². The van der Waals surface area contributed by atoms with E-state index in [9.17, 15) is 0 Å². The highest BCUT2D eigenvalue weighted by molar-refractivity contribution is 7.80. The molecule has 0 bridgehead atoms. The first-order valence-corrected chi connectivity index (χ1v) is 4.52. The average molecular weight is 195 g/mol. The summed E-state index contributed by atoms with van der Waals surface area (Å²) < 4.78 is 0. The van der Waals surface area contributed by atoms with Crippen LogP contribution in [0.2, 0.25) is 0 Å². The zero-order valence-electron chi connectivity index (χ0n) is 7.58. The predicted molar refractivity (Wildman–Crippen MR) is 57.6 cm³/mol. The molecule has 1 rings (SSSR count). The van der Waals surface area contributed by atoms with Crippen LogP contribution in [-0.2, 0) is 13.0 Å². The van der Waals surface area contributed by atoms with Crippen molar-refractivity contribution in [3.63, 3.8) is 0 Å². The van der Waals surface area contributed by atoms with Gasteiger partial charge < -0.3 is 10.8 Å². The maximum Gasteiger partial charge on any atom is 0.0771 e. The molecule has 70 valence electrons. The highest BCUT2D eigenvalue weighted by atomic mass is 32.1. The first-order chi connectivity index (χ1) is 6.13. The Morgan fingerprint density at radius 3 is 2.77 bits per heavy atom. The number of hydrogen-bond acceptors (Lipinski definition) is 2. The van der Waals surface area contributed by atoms with Gasteiger partial charge in [-0.25, -0.2) is 0 Å². The summed E-state index contributed by atoms with van der Waals surface area (Å²) in [6.45, 7) is 2.07. The minimum absolute atomic E-state index is 0.0601. The Morgan fingerprint density at radius 1 is 1.54 bits per heavy atom. The fraction of sp³-hybridized carbons (Fsp3) is 0.300. The molecule has 0 aliphatic heterocycles. The van der Waals surface area contributed by atoms with Crippen molar-refractivity contribution in [2.75, 3.05) is 0 Å². The average Bonchev–Trinajstić information content (AvgIpc) is 2.08. The molecule has 0 spiro atoms. The van der Waals surface area contributed by atoms with Gasteiger partial charge in [0.05, 0.1) is 11.6 Å². The Hall–Kier alpha value is -0.930. The third-order valence-electron chi connectivity index (χ3n) is 1.96. The number of aliphatic hydroxyl groups excluding tert-OH is 1. The van der Waals surface area contributed by atoms with Crippen molar-refractivity contribution in [3.05, 3.63) is 34.9 Å². The molecule has 0 aliphatic rings. The molecule has 0 fully saturated rings. The van der Waals surface area contributed by atoms with Crippen LogP contribution in [0.1, 0.15) is 16.7 Å². The van der Waals surface area contributed by atoms with Gasteiger partial charge in [-0.05, 0) is 23.6 Å². The van der Waals surface area contributed by atoms with Gasteiger partial charge in [-0.3, -0.25) is 0 Å². The normalized spacial score (nSPS) is 10.0. The SMILES string of the molecule is Cc1ccc(CO)cc1CC(N)=S. The minimum Gasteiger partial charge on any atom is -0.393 e. The highest BCUT2D eigenvalue weighted by Gasteiger charge is 2.01. The lowest BCUT2D eigenvalue weighted by molar-refractivity contribution is 0.281. The summed E-state index contributed by atoms with van der Waals surface area (Å²) in [6, 6.07) is 5.81. The van der Waals surface area contributed by atoms with Crippen LogP contribution in [-0.4, -0.2) is 10.1 Å². The lowest BCUT2D eigenvalue weighted by atomic mass is 10.0. The van der Waals surface area contributed by atoms with Gasteiger partial charge in [0.1, 0.15) is 0 Å². The zero-order chi connectivity index (χ0) is 9.84. The molecule has 0 radical (unpaired) electrons. The molecule has 1 aromatic carbocycles. The van der Waals surface area contributed by atoms with Crippen molar-refractivity contribution in [2.24, 2.45) is 5.73 Å². The van der Waals surface area contributed by atoms with Gasteiger partial charge >= 0.3 is 0 Å². The summed E-state index contributed by atoms with van der Waals surface area (Å²) in [7, 11) is 0. The number of nitrogens with two attached hydrogens (primary N) is 1. The largest absolute Gasteiger partial charge is 0.393 e. The zero-order valence-corrected chi connectivity index (χ0v) is 8.40. The van der Waals surface area contributed by atoms with Crippen LogP contribution in [0.5, 0.6) is 0 Å². The molecule has 0 amide bonds. The molecule has 0 saturated carbocycles. The van der Waals surface area contributed by atoms with Gasteiger partial charge in [0.25, 0.3) is 0 Å². The van der Waals surface area contributed by atoms with E-state index in [0.717, 1.165) is 16.7 Å².